The van der Waals surface area contributed by atoms with Gasteiger partial charge in [-0.2, -0.15) is 0 Å². The Morgan fingerprint density at radius 3 is 2.33 bits per heavy atom. The summed E-state index contributed by atoms with van der Waals surface area (Å²) in [6, 6.07) is 0. The smallest absolute Gasteiger partial charge is 0.0628 e. The highest BCUT2D eigenvalue weighted by molar-refractivity contribution is 4.95. The maximum Gasteiger partial charge on any atom is 0.0628 e. The number of hydrogen-bond acceptors (Lipinski definition) is 2. The van der Waals surface area contributed by atoms with E-state index in [1.807, 2.05) is 0 Å². The summed E-state index contributed by atoms with van der Waals surface area (Å²) in [6.45, 7) is 3.31. The molecule has 2 aliphatic rings. The van der Waals surface area contributed by atoms with Crippen molar-refractivity contribution >= 4 is 0 Å². The summed E-state index contributed by atoms with van der Waals surface area (Å²) in [4.78, 5) is 0. The van der Waals surface area contributed by atoms with E-state index in [1.54, 1.807) is 0 Å². The molecule has 0 radical (unpaired) electrons. The normalized spacial score (nSPS) is 39.2. The van der Waals surface area contributed by atoms with Crippen LogP contribution in [0.15, 0.2) is 0 Å². The van der Waals surface area contributed by atoms with Crippen LogP contribution in [0.25, 0.3) is 0 Å². The molecule has 2 heteroatoms. The zero-order valence-electron chi connectivity index (χ0n) is 9.87. The molecule has 2 nitrogen and oxygen atoms in total. The van der Waals surface area contributed by atoms with E-state index in [-0.39, 0.29) is 11.5 Å². The monoisotopic (exact) mass is 212 g/mol. The number of rotatable bonds is 2. The van der Waals surface area contributed by atoms with Crippen LogP contribution in [0.4, 0.5) is 0 Å². The van der Waals surface area contributed by atoms with Crippen molar-refractivity contribution in [2.75, 3.05) is 13.2 Å². The molecule has 2 fully saturated rings. The van der Waals surface area contributed by atoms with Gasteiger partial charge in [-0.25, -0.2) is 0 Å². The maximum absolute atomic E-state index is 9.75. The molecule has 1 saturated carbocycles. The Morgan fingerprint density at radius 1 is 1.20 bits per heavy atom. The maximum atomic E-state index is 9.75. The van der Waals surface area contributed by atoms with Gasteiger partial charge >= 0.3 is 0 Å². The van der Waals surface area contributed by atoms with Gasteiger partial charge in [0.15, 0.2) is 0 Å². The Kier molecular flexibility index (Phi) is 3.68. The fourth-order valence-electron chi connectivity index (χ4n) is 3.52. The second-order valence-corrected chi connectivity index (χ2v) is 5.34. The molecular weight excluding hydrogens is 188 g/mol. The summed E-state index contributed by atoms with van der Waals surface area (Å²) >= 11 is 0. The van der Waals surface area contributed by atoms with Crippen LogP contribution in [0.5, 0.6) is 0 Å². The van der Waals surface area contributed by atoms with Crippen LogP contribution in [0.3, 0.4) is 0 Å². The third-order valence-corrected chi connectivity index (χ3v) is 4.71. The molecule has 0 aromatic carbocycles. The average Bonchev–Trinajstić information content (AvgIpc) is 2.49. The van der Waals surface area contributed by atoms with Crippen LogP contribution >= 0.6 is 0 Å². The van der Waals surface area contributed by atoms with Crippen molar-refractivity contribution in [3.63, 3.8) is 0 Å². The van der Waals surface area contributed by atoms with Crippen molar-refractivity contribution in [3.05, 3.63) is 0 Å². The van der Waals surface area contributed by atoms with E-state index < -0.39 is 0 Å². The van der Waals surface area contributed by atoms with Gasteiger partial charge < -0.3 is 9.84 Å². The minimum atomic E-state index is 0.0876. The minimum Gasteiger partial charge on any atom is -0.396 e. The number of ether oxygens (including phenoxy) is 1. The fraction of sp³-hybridized carbons (Fsp3) is 1.00. The van der Waals surface area contributed by atoms with Crippen molar-refractivity contribution in [1.82, 2.24) is 0 Å². The summed E-state index contributed by atoms with van der Waals surface area (Å²) in [5.74, 6) is 0.697. The third kappa shape index (κ3) is 2.07. The summed E-state index contributed by atoms with van der Waals surface area (Å²) in [5, 5.41) is 9.75. The lowest BCUT2D eigenvalue weighted by atomic mass is 9.68. The molecule has 0 amide bonds. The number of hydrogen-bond donors (Lipinski definition) is 1. The van der Waals surface area contributed by atoms with Gasteiger partial charge in [-0.05, 0) is 32.1 Å². The summed E-state index contributed by atoms with van der Waals surface area (Å²) in [7, 11) is 0. The van der Waals surface area contributed by atoms with E-state index in [0.717, 1.165) is 13.0 Å². The van der Waals surface area contributed by atoms with Gasteiger partial charge in [-0.3, -0.25) is 0 Å². The topological polar surface area (TPSA) is 29.5 Å². The highest BCUT2D eigenvalue weighted by Gasteiger charge is 2.46. The van der Waals surface area contributed by atoms with Gasteiger partial charge in [-0.15, -0.1) is 0 Å². The van der Waals surface area contributed by atoms with Gasteiger partial charge in [0.1, 0.15) is 0 Å². The Balaban J connectivity index is 2.09. The van der Waals surface area contributed by atoms with Crippen LogP contribution in [-0.2, 0) is 4.74 Å². The molecule has 1 saturated heterocycles. The van der Waals surface area contributed by atoms with Gasteiger partial charge in [0, 0.05) is 12.0 Å². The molecule has 0 spiro atoms. The molecule has 0 aromatic heterocycles. The van der Waals surface area contributed by atoms with E-state index in [2.05, 4.69) is 6.92 Å². The molecule has 0 bridgehead atoms. The zero-order valence-corrected chi connectivity index (χ0v) is 9.87. The number of aliphatic hydroxyl groups excluding tert-OH is 1. The molecule has 0 aromatic rings. The van der Waals surface area contributed by atoms with Crippen molar-refractivity contribution in [3.8, 4) is 0 Å². The fourth-order valence-corrected chi connectivity index (χ4v) is 3.52. The van der Waals surface area contributed by atoms with E-state index in [0.29, 0.717) is 12.5 Å². The van der Waals surface area contributed by atoms with Gasteiger partial charge in [0.2, 0.25) is 0 Å². The average molecular weight is 212 g/mol. The van der Waals surface area contributed by atoms with Crippen LogP contribution in [0, 0.1) is 11.3 Å². The van der Waals surface area contributed by atoms with E-state index in [4.69, 9.17) is 4.74 Å². The summed E-state index contributed by atoms with van der Waals surface area (Å²) < 4.78 is 5.69. The van der Waals surface area contributed by atoms with Crippen LogP contribution < -0.4 is 0 Å². The van der Waals surface area contributed by atoms with E-state index in [9.17, 15) is 5.11 Å². The summed E-state index contributed by atoms with van der Waals surface area (Å²) in [6.07, 6.45) is 9.38. The first kappa shape index (κ1) is 11.4. The Bertz CT molecular complexity index is 197. The minimum absolute atomic E-state index is 0.0876. The Labute approximate surface area is 93.0 Å². The molecule has 1 N–H and O–H groups in total. The third-order valence-electron chi connectivity index (χ3n) is 4.71. The lowest BCUT2D eigenvalue weighted by molar-refractivity contribution is -0.0170. The molecule has 1 aliphatic heterocycles. The van der Waals surface area contributed by atoms with Crippen LogP contribution in [0.1, 0.15) is 51.9 Å². The lowest BCUT2D eigenvalue weighted by Gasteiger charge is -2.38. The van der Waals surface area contributed by atoms with Crippen LogP contribution in [0.2, 0.25) is 0 Å². The van der Waals surface area contributed by atoms with Crippen molar-refractivity contribution < 1.29 is 9.84 Å². The van der Waals surface area contributed by atoms with E-state index in [1.165, 1.54) is 38.5 Å². The second-order valence-electron chi connectivity index (χ2n) is 5.34. The molecule has 2 unspecified atom stereocenters. The Morgan fingerprint density at radius 2 is 1.87 bits per heavy atom. The second kappa shape index (κ2) is 4.84. The SMILES string of the molecule is CC1OCCC1(CO)C1CCCCCC1. The molecule has 1 heterocycles. The molecular formula is C13H24O2. The van der Waals surface area contributed by atoms with Crippen molar-refractivity contribution in [2.24, 2.45) is 11.3 Å². The predicted molar refractivity (Wildman–Crippen MR) is 60.7 cm³/mol. The molecule has 88 valence electrons. The predicted octanol–water partition coefficient (Wildman–Crippen LogP) is 2.74. The number of aliphatic hydroxyl groups is 1. The first-order valence-electron chi connectivity index (χ1n) is 6.52. The zero-order chi connectivity index (χ0) is 10.7. The van der Waals surface area contributed by atoms with Gasteiger partial charge in [0.05, 0.1) is 12.7 Å². The van der Waals surface area contributed by atoms with Gasteiger partial charge in [-0.1, -0.05) is 25.7 Å². The van der Waals surface area contributed by atoms with E-state index >= 15 is 0 Å². The molecule has 2 atom stereocenters. The van der Waals surface area contributed by atoms with Crippen molar-refractivity contribution in [1.29, 1.82) is 0 Å². The standard InChI is InChI=1S/C13H24O2/c1-11-13(10-14,8-9-15-11)12-6-4-2-3-5-7-12/h11-12,14H,2-10H2,1H3. The molecule has 1 aliphatic carbocycles. The molecule has 15 heavy (non-hydrogen) atoms. The lowest BCUT2D eigenvalue weighted by Crippen LogP contribution is -2.40. The molecule has 2 rings (SSSR count). The highest BCUT2D eigenvalue weighted by Crippen LogP contribution is 2.46. The largest absolute Gasteiger partial charge is 0.396 e. The van der Waals surface area contributed by atoms with Crippen LogP contribution in [-0.4, -0.2) is 24.4 Å². The van der Waals surface area contributed by atoms with Crippen molar-refractivity contribution in [2.45, 2.75) is 58.0 Å². The quantitative estimate of drug-likeness (QED) is 0.713. The first-order valence-corrected chi connectivity index (χ1v) is 6.52. The first-order chi connectivity index (χ1) is 7.29. The summed E-state index contributed by atoms with van der Waals surface area (Å²) in [5.41, 5.74) is 0.0876. The van der Waals surface area contributed by atoms with Gasteiger partial charge in [0.25, 0.3) is 0 Å². The highest BCUT2D eigenvalue weighted by atomic mass is 16.5. The Hall–Kier alpha value is -0.0800.